The molecule has 1 aliphatic heterocycles. The summed E-state index contributed by atoms with van der Waals surface area (Å²) in [5.74, 6) is -1.38. The minimum Gasteiger partial charge on any atom is -0.356 e. The SMILES string of the molecule is CC(C)(C)C[C@H](NC(=O)c1ncc(-c2cccc(Cl)c2)[nH]1)C(=O)N[C@H](C#N)C[C@@H]1CCNC1=O. The Morgan fingerprint density at radius 1 is 1.32 bits per heavy atom. The molecule has 1 aromatic carbocycles. The van der Waals surface area contributed by atoms with Crippen LogP contribution in [-0.4, -0.2) is 46.3 Å². The van der Waals surface area contributed by atoms with Crippen molar-refractivity contribution in [3.05, 3.63) is 41.3 Å². The van der Waals surface area contributed by atoms with Crippen molar-refractivity contribution in [1.29, 1.82) is 5.26 Å². The molecule has 0 unspecified atom stereocenters. The van der Waals surface area contributed by atoms with E-state index in [1.165, 1.54) is 6.20 Å². The fourth-order valence-corrected chi connectivity index (χ4v) is 4.05. The molecular formula is C24H29ClN6O3. The van der Waals surface area contributed by atoms with Crippen molar-refractivity contribution in [3.8, 4) is 17.3 Å². The molecule has 9 nitrogen and oxygen atoms in total. The minimum absolute atomic E-state index is 0.0566. The summed E-state index contributed by atoms with van der Waals surface area (Å²) in [4.78, 5) is 44.9. The molecule has 1 saturated heterocycles. The summed E-state index contributed by atoms with van der Waals surface area (Å²) < 4.78 is 0. The predicted octanol–water partition coefficient (Wildman–Crippen LogP) is 2.80. The molecule has 34 heavy (non-hydrogen) atoms. The molecule has 1 aliphatic rings. The second-order valence-corrected chi connectivity index (χ2v) is 10.1. The number of aromatic nitrogens is 2. The molecular weight excluding hydrogens is 456 g/mol. The van der Waals surface area contributed by atoms with Crippen molar-refractivity contribution in [2.45, 2.75) is 52.1 Å². The smallest absolute Gasteiger partial charge is 0.287 e. The van der Waals surface area contributed by atoms with Gasteiger partial charge in [0.1, 0.15) is 12.1 Å². The topological polar surface area (TPSA) is 140 Å². The second-order valence-electron chi connectivity index (χ2n) is 9.65. The number of carbonyl (C=O) groups excluding carboxylic acids is 3. The number of nitrogens with one attached hydrogen (secondary N) is 4. The number of carbonyl (C=O) groups is 3. The number of hydrogen-bond acceptors (Lipinski definition) is 5. The standard InChI is InChI=1S/C24H29ClN6O3/c1-24(2,3)11-18(22(33)29-17(12-26)10-15-7-8-27-21(15)32)31-23(34)20-28-13-19(30-20)14-5-4-6-16(25)9-14/h4-6,9,13,15,17-18H,7-8,10-11H2,1-3H3,(H,27,32)(H,28,30)(H,29,33)(H,31,34)/t15-,17-,18-/m0/s1. The average Bonchev–Trinajstić information content (AvgIpc) is 3.41. The van der Waals surface area contributed by atoms with Gasteiger partial charge in [-0.15, -0.1) is 0 Å². The highest BCUT2D eigenvalue weighted by Gasteiger charge is 2.32. The highest BCUT2D eigenvalue weighted by molar-refractivity contribution is 6.30. The van der Waals surface area contributed by atoms with Crippen LogP contribution >= 0.6 is 11.6 Å². The normalized spacial score (nSPS) is 17.4. The number of nitriles is 1. The first-order chi connectivity index (χ1) is 16.1. The third-order valence-corrected chi connectivity index (χ3v) is 5.76. The Hall–Kier alpha value is -3.38. The van der Waals surface area contributed by atoms with Crippen molar-refractivity contribution in [2.75, 3.05) is 6.54 Å². The Morgan fingerprint density at radius 3 is 2.71 bits per heavy atom. The molecule has 0 bridgehead atoms. The zero-order chi connectivity index (χ0) is 24.9. The molecule has 180 valence electrons. The van der Waals surface area contributed by atoms with Crippen LogP contribution in [0.3, 0.4) is 0 Å². The maximum atomic E-state index is 13.1. The van der Waals surface area contributed by atoms with Crippen LogP contribution in [0.5, 0.6) is 0 Å². The lowest BCUT2D eigenvalue weighted by Crippen LogP contribution is -2.51. The zero-order valence-corrected chi connectivity index (χ0v) is 20.2. The van der Waals surface area contributed by atoms with Crippen molar-refractivity contribution >= 4 is 29.3 Å². The van der Waals surface area contributed by atoms with Gasteiger partial charge < -0.3 is 20.9 Å². The lowest BCUT2D eigenvalue weighted by atomic mass is 9.87. The largest absolute Gasteiger partial charge is 0.356 e. The molecule has 1 aromatic heterocycles. The van der Waals surface area contributed by atoms with Crippen molar-refractivity contribution in [1.82, 2.24) is 25.9 Å². The molecule has 0 aliphatic carbocycles. The zero-order valence-electron chi connectivity index (χ0n) is 19.4. The van der Waals surface area contributed by atoms with E-state index in [2.05, 4.69) is 32.0 Å². The Morgan fingerprint density at radius 2 is 2.09 bits per heavy atom. The number of halogens is 1. The Labute approximate surface area is 203 Å². The first-order valence-electron chi connectivity index (χ1n) is 11.2. The monoisotopic (exact) mass is 484 g/mol. The van der Waals surface area contributed by atoms with E-state index in [1.54, 1.807) is 18.2 Å². The van der Waals surface area contributed by atoms with Gasteiger partial charge in [0.25, 0.3) is 5.91 Å². The summed E-state index contributed by atoms with van der Waals surface area (Å²) in [5, 5.41) is 18.2. The lowest BCUT2D eigenvalue weighted by molar-refractivity contribution is -0.125. The average molecular weight is 485 g/mol. The van der Waals surface area contributed by atoms with Crippen LogP contribution < -0.4 is 16.0 Å². The molecule has 0 saturated carbocycles. The van der Waals surface area contributed by atoms with Crippen molar-refractivity contribution in [3.63, 3.8) is 0 Å². The quantitative estimate of drug-likeness (QED) is 0.456. The summed E-state index contributed by atoms with van der Waals surface area (Å²) in [5.41, 5.74) is 1.11. The number of aromatic amines is 1. The van der Waals surface area contributed by atoms with Crippen LogP contribution in [0, 0.1) is 22.7 Å². The lowest BCUT2D eigenvalue weighted by Gasteiger charge is -2.27. The number of H-pyrrole nitrogens is 1. The van der Waals surface area contributed by atoms with E-state index in [1.807, 2.05) is 26.8 Å². The van der Waals surface area contributed by atoms with E-state index in [0.717, 1.165) is 5.56 Å². The van der Waals surface area contributed by atoms with E-state index in [-0.39, 0.29) is 29.5 Å². The Kier molecular flexibility index (Phi) is 7.94. The Balaban J connectivity index is 1.70. The predicted molar refractivity (Wildman–Crippen MR) is 128 cm³/mol. The van der Waals surface area contributed by atoms with Gasteiger partial charge in [0.2, 0.25) is 11.8 Å². The van der Waals surface area contributed by atoms with Crippen LogP contribution in [0.15, 0.2) is 30.5 Å². The maximum absolute atomic E-state index is 13.1. The molecule has 3 amide bonds. The van der Waals surface area contributed by atoms with Crippen molar-refractivity contribution < 1.29 is 14.4 Å². The van der Waals surface area contributed by atoms with Crippen LogP contribution in [0.2, 0.25) is 5.02 Å². The Bertz CT molecular complexity index is 1100. The molecule has 0 radical (unpaired) electrons. The van der Waals surface area contributed by atoms with Crippen LogP contribution in [0.4, 0.5) is 0 Å². The summed E-state index contributed by atoms with van der Waals surface area (Å²) in [6.07, 6.45) is 2.72. The van der Waals surface area contributed by atoms with Gasteiger partial charge in [-0.05, 0) is 36.8 Å². The number of benzene rings is 1. The summed E-state index contributed by atoms with van der Waals surface area (Å²) in [6.45, 7) is 6.43. The first kappa shape index (κ1) is 25.2. The van der Waals surface area contributed by atoms with E-state index >= 15 is 0 Å². The fraction of sp³-hybridized carbons (Fsp3) is 0.458. The van der Waals surface area contributed by atoms with E-state index < -0.39 is 23.9 Å². The number of hydrogen-bond donors (Lipinski definition) is 4. The van der Waals surface area contributed by atoms with Crippen LogP contribution in [0.1, 0.15) is 50.7 Å². The van der Waals surface area contributed by atoms with Gasteiger partial charge in [-0.3, -0.25) is 14.4 Å². The van der Waals surface area contributed by atoms with E-state index in [4.69, 9.17) is 11.6 Å². The van der Waals surface area contributed by atoms with Gasteiger partial charge in [-0.25, -0.2) is 4.98 Å². The molecule has 2 heterocycles. The van der Waals surface area contributed by atoms with E-state index in [9.17, 15) is 19.6 Å². The summed E-state index contributed by atoms with van der Waals surface area (Å²) in [7, 11) is 0. The maximum Gasteiger partial charge on any atom is 0.287 e. The number of nitrogens with zero attached hydrogens (tertiary/aromatic N) is 2. The summed E-state index contributed by atoms with van der Waals surface area (Å²) >= 11 is 6.04. The number of imidazole rings is 1. The minimum atomic E-state index is -0.888. The van der Waals surface area contributed by atoms with E-state index in [0.29, 0.717) is 30.1 Å². The van der Waals surface area contributed by atoms with Gasteiger partial charge in [0.05, 0.1) is 18.0 Å². The van der Waals surface area contributed by atoms with Gasteiger partial charge in [0.15, 0.2) is 5.82 Å². The fourth-order valence-electron chi connectivity index (χ4n) is 3.86. The second kappa shape index (κ2) is 10.7. The molecule has 3 atom stereocenters. The highest BCUT2D eigenvalue weighted by Crippen LogP contribution is 2.23. The molecule has 2 aromatic rings. The van der Waals surface area contributed by atoms with Crippen molar-refractivity contribution in [2.24, 2.45) is 11.3 Å². The molecule has 3 rings (SSSR count). The highest BCUT2D eigenvalue weighted by atomic mass is 35.5. The molecule has 10 heteroatoms. The number of rotatable bonds is 8. The number of amides is 3. The van der Waals surface area contributed by atoms with Gasteiger partial charge >= 0.3 is 0 Å². The molecule has 1 fully saturated rings. The van der Waals surface area contributed by atoms with Gasteiger partial charge in [0, 0.05) is 23.0 Å². The van der Waals surface area contributed by atoms with Crippen LogP contribution in [-0.2, 0) is 9.59 Å². The molecule has 0 spiro atoms. The summed E-state index contributed by atoms with van der Waals surface area (Å²) in [6, 6.07) is 7.46. The molecule has 4 N–H and O–H groups in total. The first-order valence-corrected chi connectivity index (χ1v) is 11.5. The van der Waals surface area contributed by atoms with Crippen LogP contribution in [0.25, 0.3) is 11.3 Å². The third-order valence-electron chi connectivity index (χ3n) is 5.52. The van der Waals surface area contributed by atoms with Gasteiger partial charge in [-0.1, -0.05) is 44.5 Å². The third kappa shape index (κ3) is 6.81. The van der Waals surface area contributed by atoms with Gasteiger partial charge in [-0.2, -0.15) is 5.26 Å².